The van der Waals surface area contributed by atoms with Gasteiger partial charge in [-0.3, -0.25) is 4.79 Å². The standard InChI is InChI=1S/C16H20N2O2/c1-10-8-6-7-9-13(10)16(4,5)18-15(19)14-11(2)17-12(3)20-14/h6-9H,1-5H3,(H,18,19). The Hall–Kier alpha value is -2.10. The summed E-state index contributed by atoms with van der Waals surface area (Å²) in [6.45, 7) is 9.49. The molecule has 0 radical (unpaired) electrons. The van der Waals surface area contributed by atoms with Crippen LogP contribution in [-0.4, -0.2) is 10.9 Å². The lowest BCUT2D eigenvalue weighted by Crippen LogP contribution is -2.41. The van der Waals surface area contributed by atoms with Crippen LogP contribution in [0.2, 0.25) is 0 Å². The van der Waals surface area contributed by atoms with Crippen LogP contribution < -0.4 is 5.32 Å². The van der Waals surface area contributed by atoms with Gasteiger partial charge in [-0.25, -0.2) is 4.98 Å². The second-order valence-corrected chi connectivity index (χ2v) is 5.54. The number of hydrogen-bond acceptors (Lipinski definition) is 3. The first kappa shape index (κ1) is 14.3. The van der Waals surface area contributed by atoms with Crippen LogP contribution in [0, 0.1) is 20.8 Å². The van der Waals surface area contributed by atoms with Crippen molar-refractivity contribution in [2.75, 3.05) is 0 Å². The largest absolute Gasteiger partial charge is 0.436 e. The number of carbonyl (C=O) groups is 1. The molecule has 1 N–H and O–H groups in total. The smallest absolute Gasteiger partial charge is 0.289 e. The maximum absolute atomic E-state index is 12.3. The molecular formula is C16H20N2O2. The van der Waals surface area contributed by atoms with Gasteiger partial charge < -0.3 is 9.73 Å². The molecule has 20 heavy (non-hydrogen) atoms. The predicted molar refractivity (Wildman–Crippen MR) is 77.6 cm³/mol. The molecule has 1 aromatic carbocycles. The average Bonchev–Trinajstić information content (AvgIpc) is 2.68. The molecule has 0 spiro atoms. The molecule has 1 aromatic heterocycles. The first-order valence-corrected chi connectivity index (χ1v) is 6.64. The fraction of sp³-hybridized carbons (Fsp3) is 0.375. The van der Waals surface area contributed by atoms with Crippen LogP contribution in [0.5, 0.6) is 0 Å². The Kier molecular flexibility index (Phi) is 3.66. The summed E-state index contributed by atoms with van der Waals surface area (Å²) in [5, 5.41) is 3.01. The molecule has 106 valence electrons. The van der Waals surface area contributed by atoms with Crippen molar-refractivity contribution in [1.82, 2.24) is 10.3 Å². The van der Waals surface area contributed by atoms with E-state index in [0.717, 1.165) is 11.1 Å². The minimum atomic E-state index is -0.477. The number of benzene rings is 1. The Bertz CT molecular complexity index is 642. The Morgan fingerprint density at radius 1 is 1.20 bits per heavy atom. The van der Waals surface area contributed by atoms with E-state index in [2.05, 4.69) is 10.3 Å². The van der Waals surface area contributed by atoms with Crippen LogP contribution in [0.1, 0.15) is 47.1 Å². The maximum atomic E-state index is 12.3. The van der Waals surface area contributed by atoms with Gasteiger partial charge in [0.25, 0.3) is 5.91 Å². The lowest BCUT2D eigenvalue weighted by molar-refractivity contribution is 0.0881. The summed E-state index contributed by atoms with van der Waals surface area (Å²) in [6.07, 6.45) is 0. The quantitative estimate of drug-likeness (QED) is 0.933. The number of aromatic nitrogens is 1. The number of carbonyl (C=O) groups excluding carboxylic acids is 1. The second kappa shape index (κ2) is 5.12. The SMILES string of the molecule is Cc1nc(C)c(C(=O)NC(C)(C)c2ccccc2C)o1. The summed E-state index contributed by atoms with van der Waals surface area (Å²) < 4.78 is 5.36. The molecule has 0 aliphatic carbocycles. The summed E-state index contributed by atoms with van der Waals surface area (Å²) in [5.41, 5.74) is 2.36. The molecule has 1 amide bonds. The number of hydrogen-bond donors (Lipinski definition) is 1. The number of nitrogens with one attached hydrogen (secondary N) is 1. The van der Waals surface area contributed by atoms with Crippen molar-refractivity contribution in [1.29, 1.82) is 0 Å². The number of amides is 1. The van der Waals surface area contributed by atoms with E-state index in [4.69, 9.17) is 4.42 Å². The lowest BCUT2D eigenvalue weighted by Gasteiger charge is -2.28. The third-order valence-electron chi connectivity index (χ3n) is 3.35. The summed E-state index contributed by atoms with van der Waals surface area (Å²) in [5.74, 6) is 0.543. The van der Waals surface area contributed by atoms with E-state index in [9.17, 15) is 4.79 Å². The normalized spacial score (nSPS) is 11.4. The van der Waals surface area contributed by atoms with Gasteiger partial charge in [0.05, 0.1) is 11.2 Å². The van der Waals surface area contributed by atoms with Crippen molar-refractivity contribution in [2.45, 2.75) is 40.2 Å². The molecule has 0 aliphatic heterocycles. The first-order chi connectivity index (χ1) is 9.31. The summed E-state index contributed by atoms with van der Waals surface area (Å²) in [7, 11) is 0. The number of aryl methyl sites for hydroxylation is 3. The third-order valence-corrected chi connectivity index (χ3v) is 3.35. The van der Waals surface area contributed by atoms with E-state index >= 15 is 0 Å². The van der Waals surface area contributed by atoms with Crippen LogP contribution in [0.15, 0.2) is 28.7 Å². The van der Waals surface area contributed by atoms with Crippen LogP contribution in [-0.2, 0) is 5.54 Å². The van der Waals surface area contributed by atoms with Gasteiger partial charge in [-0.1, -0.05) is 24.3 Å². The Balaban J connectivity index is 2.27. The van der Waals surface area contributed by atoms with E-state index in [0.29, 0.717) is 11.6 Å². The zero-order valence-corrected chi connectivity index (χ0v) is 12.6. The second-order valence-electron chi connectivity index (χ2n) is 5.54. The van der Waals surface area contributed by atoms with Crippen LogP contribution >= 0.6 is 0 Å². The third kappa shape index (κ3) is 2.74. The highest BCUT2D eigenvalue weighted by Crippen LogP contribution is 2.24. The van der Waals surface area contributed by atoms with E-state index in [1.165, 1.54) is 0 Å². The maximum Gasteiger partial charge on any atom is 0.289 e. The molecule has 0 unspecified atom stereocenters. The molecular weight excluding hydrogens is 252 g/mol. The highest BCUT2D eigenvalue weighted by molar-refractivity contribution is 5.93. The van der Waals surface area contributed by atoms with Gasteiger partial charge in [-0.15, -0.1) is 0 Å². The van der Waals surface area contributed by atoms with Gasteiger partial charge in [0.2, 0.25) is 5.76 Å². The van der Waals surface area contributed by atoms with Crippen molar-refractivity contribution < 1.29 is 9.21 Å². The van der Waals surface area contributed by atoms with Crippen LogP contribution in [0.25, 0.3) is 0 Å². The monoisotopic (exact) mass is 272 g/mol. The Morgan fingerprint density at radius 2 is 1.85 bits per heavy atom. The lowest BCUT2D eigenvalue weighted by atomic mass is 9.90. The van der Waals surface area contributed by atoms with Gasteiger partial charge in [-0.05, 0) is 38.8 Å². The predicted octanol–water partition coefficient (Wildman–Crippen LogP) is 3.26. The van der Waals surface area contributed by atoms with E-state index in [-0.39, 0.29) is 11.7 Å². The van der Waals surface area contributed by atoms with Crippen molar-refractivity contribution in [3.63, 3.8) is 0 Å². The molecule has 0 bridgehead atoms. The van der Waals surface area contributed by atoms with Gasteiger partial charge in [0, 0.05) is 6.92 Å². The zero-order chi connectivity index (χ0) is 14.9. The molecule has 2 aromatic rings. The molecule has 4 heteroatoms. The molecule has 0 aliphatic rings. The Labute approximate surface area is 119 Å². The number of oxazole rings is 1. The van der Waals surface area contributed by atoms with E-state index < -0.39 is 5.54 Å². The zero-order valence-electron chi connectivity index (χ0n) is 12.6. The highest BCUT2D eigenvalue weighted by atomic mass is 16.4. The molecule has 0 fully saturated rings. The van der Waals surface area contributed by atoms with Crippen molar-refractivity contribution in [2.24, 2.45) is 0 Å². The molecule has 4 nitrogen and oxygen atoms in total. The number of rotatable bonds is 3. The summed E-state index contributed by atoms with van der Waals surface area (Å²) >= 11 is 0. The van der Waals surface area contributed by atoms with Gasteiger partial charge in [0.15, 0.2) is 5.89 Å². The van der Waals surface area contributed by atoms with Crippen molar-refractivity contribution in [3.8, 4) is 0 Å². The minimum Gasteiger partial charge on any atom is -0.436 e. The Morgan fingerprint density at radius 3 is 2.40 bits per heavy atom. The summed E-state index contributed by atoms with van der Waals surface area (Å²) in [4.78, 5) is 16.5. The molecule has 0 saturated carbocycles. The number of nitrogens with zero attached hydrogens (tertiary/aromatic N) is 1. The average molecular weight is 272 g/mol. The van der Waals surface area contributed by atoms with Gasteiger partial charge in [-0.2, -0.15) is 0 Å². The van der Waals surface area contributed by atoms with Crippen LogP contribution in [0.4, 0.5) is 0 Å². The van der Waals surface area contributed by atoms with Crippen molar-refractivity contribution in [3.05, 3.63) is 52.7 Å². The molecule has 1 heterocycles. The topological polar surface area (TPSA) is 55.1 Å². The molecule has 2 rings (SSSR count). The van der Waals surface area contributed by atoms with E-state index in [1.54, 1.807) is 13.8 Å². The van der Waals surface area contributed by atoms with Gasteiger partial charge >= 0.3 is 0 Å². The van der Waals surface area contributed by atoms with Gasteiger partial charge in [0.1, 0.15) is 0 Å². The first-order valence-electron chi connectivity index (χ1n) is 6.64. The van der Waals surface area contributed by atoms with Crippen molar-refractivity contribution >= 4 is 5.91 Å². The van der Waals surface area contributed by atoms with E-state index in [1.807, 2.05) is 45.0 Å². The highest BCUT2D eigenvalue weighted by Gasteiger charge is 2.27. The van der Waals surface area contributed by atoms with Crippen LogP contribution in [0.3, 0.4) is 0 Å². The fourth-order valence-corrected chi connectivity index (χ4v) is 2.42. The summed E-state index contributed by atoms with van der Waals surface area (Å²) in [6, 6.07) is 8.02. The minimum absolute atomic E-state index is 0.239. The fourth-order valence-electron chi connectivity index (χ4n) is 2.42. The molecule has 0 saturated heterocycles. The molecule has 0 atom stereocenters.